The van der Waals surface area contributed by atoms with Gasteiger partial charge in [-0.25, -0.2) is 17.6 Å². The predicted molar refractivity (Wildman–Crippen MR) is 126 cm³/mol. The van der Waals surface area contributed by atoms with Crippen LogP contribution in [0.5, 0.6) is 17.2 Å². The number of anilines is 1. The van der Waals surface area contributed by atoms with Gasteiger partial charge in [-0.15, -0.1) is 0 Å². The molecule has 1 heterocycles. The summed E-state index contributed by atoms with van der Waals surface area (Å²) < 4.78 is 137. The highest BCUT2D eigenvalue weighted by Gasteiger charge is 2.42. The normalized spacial score (nSPS) is 11.4. The first-order chi connectivity index (χ1) is 19.5. The van der Waals surface area contributed by atoms with Crippen molar-refractivity contribution in [1.82, 2.24) is 4.98 Å². The second-order valence-corrected chi connectivity index (χ2v) is 8.06. The van der Waals surface area contributed by atoms with Gasteiger partial charge in [-0.1, -0.05) is 0 Å². The Balaban J connectivity index is 0.000000458. The van der Waals surface area contributed by atoms with Crippen LogP contribution in [0.2, 0.25) is 0 Å². The summed E-state index contributed by atoms with van der Waals surface area (Å²) in [5, 5.41) is 10.4. The second-order valence-electron chi connectivity index (χ2n) is 8.06. The number of hydrogen-bond donors (Lipinski definition) is 3. The molecule has 0 spiro atoms. The average Bonchev–Trinajstić information content (AvgIpc) is 2.87. The van der Waals surface area contributed by atoms with Crippen LogP contribution in [0.4, 0.5) is 49.6 Å². The number of alkyl halides is 6. The molecule has 0 bridgehead atoms. The fourth-order valence-corrected chi connectivity index (χ4v) is 3.19. The molecule has 16 heteroatoms. The Morgan fingerprint density at radius 2 is 1.38 bits per heavy atom. The van der Waals surface area contributed by atoms with E-state index in [1.165, 1.54) is 0 Å². The van der Waals surface area contributed by atoms with Crippen molar-refractivity contribution >= 4 is 11.6 Å². The number of rotatable bonds is 4. The van der Waals surface area contributed by atoms with Gasteiger partial charge in [-0.3, -0.25) is 9.59 Å². The van der Waals surface area contributed by atoms with E-state index in [2.05, 4.69) is 4.98 Å². The Kier molecular flexibility index (Phi) is 9.18. The Morgan fingerprint density at radius 3 is 1.90 bits per heavy atom. The number of ether oxygens (including phenoxy) is 1. The molecule has 42 heavy (non-hydrogen) atoms. The lowest BCUT2D eigenvalue weighted by atomic mass is 10.0. The maximum atomic E-state index is 14.0. The van der Waals surface area contributed by atoms with Gasteiger partial charge in [0.25, 0.3) is 5.91 Å². The molecule has 0 saturated carbocycles. The summed E-state index contributed by atoms with van der Waals surface area (Å²) in [6.07, 6.45) is -9.70. The highest BCUT2D eigenvalue weighted by molar-refractivity contribution is 6.07. The quantitative estimate of drug-likeness (QED) is 0.211. The number of benzene rings is 3. The minimum atomic E-state index is -5.47. The number of H-pyrrole nitrogens is 1. The largest absolute Gasteiger partial charge is 0.505 e. The second kappa shape index (κ2) is 12.2. The number of aromatic nitrogens is 1. The van der Waals surface area contributed by atoms with Crippen LogP contribution >= 0.6 is 0 Å². The number of hydrogen-bond acceptors (Lipinski definition) is 4. The molecule has 0 atom stereocenters. The molecule has 1 aromatic heterocycles. The van der Waals surface area contributed by atoms with E-state index < -0.39 is 81.0 Å². The maximum Gasteiger partial charge on any atom is 0.417 e. The first-order valence-corrected chi connectivity index (χ1v) is 11.0. The average molecular weight is 608 g/mol. The number of carbonyl (C=O) groups excluding carboxylic acids is 1. The molecular formula is C26H14F10N2O4. The number of phenols is 1. The summed E-state index contributed by atoms with van der Waals surface area (Å²) in [6.45, 7) is 0. The highest BCUT2D eigenvalue weighted by Crippen LogP contribution is 2.43. The van der Waals surface area contributed by atoms with Gasteiger partial charge >= 0.3 is 12.4 Å². The smallest absolute Gasteiger partial charge is 0.417 e. The molecule has 0 radical (unpaired) electrons. The van der Waals surface area contributed by atoms with Gasteiger partial charge < -0.3 is 20.1 Å². The molecule has 0 aliphatic rings. The molecule has 4 rings (SSSR count). The lowest BCUT2D eigenvalue weighted by molar-refractivity contribution is -0.143. The molecule has 1 amide bonds. The topological polar surface area (TPSA) is 91.4 Å². The van der Waals surface area contributed by atoms with Gasteiger partial charge in [0.15, 0.2) is 23.1 Å². The first-order valence-electron chi connectivity index (χ1n) is 11.0. The van der Waals surface area contributed by atoms with Crippen molar-refractivity contribution in [2.75, 3.05) is 5.32 Å². The van der Waals surface area contributed by atoms with Gasteiger partial charge in [0, 0.05) is 30.1 Å². The molecule has 0 saturated heterocycles. The monoisotopic (exact) mass is 608 g/mol. The van der Waals surface area contributed by atoms with E-state index in [1.807, 2.05) is 5.32 Å². The zero-order valence-corrected chi connectivity index (χ0v) is 20.3. The minimum absolute atomic E-state index is 0.0742. The Morgan fingerprint density at radius 1 is 0.762 bits per heavy atom. The summed E-state index contributed by atoms with van der Waals surface area (Å²) in [5.41, 5.74) is -6.30. The molecule has 6 nitrogen and oxygen atoms in total. The lowest BCUT2D eigenvalue weighted by Gasteiger charge is -2.20. The molecular weight excluding hydrogens is 594 g/mol. The van der Waals surface area contributed by atoms with E-state index in [1.54, 1.807) is 0 Å². The van der Waals surface area contributed by atoms with Gasteiger partial charge in [0.2, 0.25) is 5.56 Å². The highest BCUT2D eigenvalue weighted by atomic mass is 19.4. The molecule has 0 aliphatic heterocycles. The molecule has 4 aromatic rings. The Labute approximate surface area is 227 Å². The van der Waals surface area contributed by atoms with Crippen molar-refractivity contribution in [3.8, 4) is 17.2 Å². The SMILES string of the molecule is O=C(Nc1cc[nH]c(=O)c1)c1c(Oc2ccc(F)cc2F)cc(C(F)(F)F)cc1C(F)(F)F.Oc1ccc(F)cc1F. The van der Waals surface area contributed by atoms with Crippen LogP contribution in [-0.4, -0.2) is 16.0 Å². The third-order valence-electron chi connectivity index (χ3n) is 5.02. The Hall–Kier alpha value is -5.02. The molecule has 222 valence electrons. The van der Waals surface area contributed by atoms with Gasteiger partial charge in [0.1, 0.15) is 17.4 Å². The van der Waals surface area contributed by atoms with Crippen molar-refractivity contribution < 1.29 is 58.5 Å². The standard InChI is InChI=1S/C20H10F8N2O3.C6H4F2O/c21-10-1-2-14(13(22)7-10)33-15-6-9(19(23,24)25)5-12(20(26,27)28)17(15)18(32)30-11-3-4-29-16(31)8-11;7-4-1-2-6(9)5(8)3-4/h1-8H,(H2,29,30,31,32);1-3,9H. The number of nitrogens with one attached hydrogen (secondary N) is 2. The summed E-state index contributed by atoms with van der Waals surface area (Å²) in [4.78, 5) is 26.2. The number of aromatic hydroxyl groups is 1. The maximum absolute atomic E-state index is 14.0. The number of aromatic amines is 1. The van der Waals surface area contributed by atoms with Crippen molar-refractivity contribution in [1.29, 1.82) is 0 Å². The van der Waals surface area contributed by atoms with Gasteiger partial charge in [0.05, 0.1) is 16.7 Å². The van der Waals surface area contributed by atoms with Crippen molar-refractivity contribution in [3.63, 3.8) is 0 Å². The fraction of sp³-hybridized carbons (Fsp3) is 0.0769. The van der Waals surface area contributed by atoms with E-state index in [4.69, 9.17) is 9.84 Å². The van der Waals surface area contributed by atoms with Crippen LogP contribution in [0.3, 0.4) is 0 Å². The van der Waals surface area contributed by atoms with Crippen LogP contribution in [0.25, 0.3) is 0 Å². The number of phenolic OH excluding ortho intramolecular Hbond substituents is 1. The summed E-state index contributed by atoms with van der Waals surface area (Å²) in [5.74, 6) is -8.52. The van der Waals surface area contributed by atoms with E-state index in [-0.39, 0.29) is 23.9 Å². The summed E-state index contributed by atoms with van der Waals surface area (Å²) >= 11 is 0. The molecule has 3 N–H and O–H groups in total. The predicted octanol–water partition coefficient (Wildman–Crippen LogP) is 7.41. The zero-order valence-electron chi connectivity index (χ0n) is 20.3. The summed E-state index contributed by atoms with van der Waals surface area (Å²) in [6, 6.07) is 5.78. The van der Waals surface area contributed by atoms with Crippen molar-refractivity contribution in [3.05, 3.63) is 117 Å². The van der Waals surface area contributed by atoms with Crippen LogP contribution in [0.15, 0.2) is 71.7 Å². The molecule has 0 unspecified atom stereocenters. The van der Waals surface area contributed by atoms with Crippen molar-refractivity contribution in [2.24, 2.45) is 0 Å². The Bertz CT molecular complexity index is 1670. The lowest BCUT2D eigenvalue weighted by Crippen LogP contribution is -2.22. The first kappa shape index (κ1) is 31.5. The van der Waals surface area contributed by atoms with E-state index >= 15 is 0 Å². The third-order valence-corrected chi connectivity index (χ3v) is 5.02. The minimum Gasteiger partial charge on any atom is -0.505 e. The number of pyridine rings is 1. The van der Waals surface area contributed by atoms with Crippen molar-refractivity contribution in [2.45, 2.75) is 12.4 Å². The number of amides is 1. The number of halogens is 10. The van der Waals surface area contributed by atoms with E-state index in [9.17, 15) is 53.5 Å². The fourth-order valence-electron chi connectivity index (χ4n) is 3.19. The van der Waals surface area contributed by atoms with E-state index in [0.29, 0.717) is 18.2 Å². The van der Waals surface area contributed by atoms with Crippen LogP contribution < -0.4 is 15.6 Å². The van der Waals surface area contributed by atoms with E-state index in [0.717, 1.165) is 30.5 Å². The summed E-state index contributed by atoms with van der Waals surface area (Å²) in [7, 11) is 0. The van der Waals surface area contributed by atoms with Gasteiger partial charge in [-0.2, -0.15) is 26.3 Å². The van der Waals surface area contributed by atoms with Crippen LogP contribution in [0.1, 0.15) is 21.5 Å². The van der Waals surface area contributed by atoms with Crippen LogP contribution in [0, 0.1) is 23.3 Å². The molecule has 0 aliphatic carbocycles. The third kappa shape index (κ3) is 8.02. The molecule has 3 aromatic carbocycles. The number of carbonyl (C=O) groups is 1. The zero-order chi connectivity index (χ0) is 31.4. The van der Waals surface area contributed by atoms with Gasteiger partial charge in [-0.05, 0) is 42.5 Å². The van der Waals surface area contributed by atoms with Crippen LogP contribution in [-0.2, 0) is 12.4 Å². The molecule has 0 fully saturated rings.